The third kappa shape index (κ3) is 4.07. The van der Waals surface area contributed by atoms with Gasteiger partial charge in [-0.25, -0.2) is 4.98 Å². The van der Waals surface area contributed by atoms with E-state index in [2.05, 4.69) is 4.98 Å². The van der Waals surface area contributed by atoms with Crippen LogP contribution in [0, 0.1) is 0 Å². The summed E-state index contributed by atoms with van der Waals surface area (Å²) in [6.07, 6.45) is 2.63. The molecule has 1 aromatic carbocycles. The van der Waals surface area contributed by atoms with Gasteiger partial charge in [-0.05, 0) is 11.4 Å². The van der Waals surface area contributed by atoms with Gasteiger partial charge in [0.15, 0.2) is 11.7 Å². The highest BCUT2D eigenvalue weighted by molar-refractivity contribution is 7.09. The van der Waals surface area contributed by atoms with E-state index in [9.17, 15) is 4.79 Å². The molecule has 1 amide bonds. The van der Waals surface area contributed by atoms with Crippen molar-refractivity contribution >= 4 is 17.2 Å². The first-order valence-electron chi connectivity index (χ1n) is 7.49. The normalized spacial score (nSPS) is 10.7. The Labute approximate surface area is 139 Å². The average Bonchev–Trinajstić information content (AvgIpc) is 3.25. The van der Waals surface area contributed by atoms with Gasteiger partial charge in [-0.2, -0.15) is 0 Å². The lowest BCUT2D eigenvalue weighted by Gasteiger charge is -2.15. The van der Waals surface area contributed by atoms with Gasteiger partial charge in [-0.3, -0.25) is 4.79 Å². The zero-order chi connectivity index (χ0) is 16.1. The minimum atomic E-state index is 0.0952. The van der Waals surface area contributed by atoms with Crippen molar-refractivity contribution in [2.45, 2.75) is 19.4 Å². The van der Waals surface area contributed by atoms with Gasteiger partial charge < -0.3 is 9.32 Å². The monoisotopic (exact) mass is 326 g/mol. The summed E-state index contributed by atoms with van der Waals surface area (Å²) in [5, 5.41) is 2.02. The SMILES string of the molecule is CN(Cc1cccs1)C(=O)CCc1ncc(-c2ccccc2)o1. The molecule has 0 spiro atoms. The zero-order valence-corrected chi connectivity index (χ0v) is 13.8. The molecular weight excluding hydrogens is 308 g/mol. The molecule has 0 saturated heterocycles. The highest BCUT2D eigenvalue weighted by Gasteiger charge is 2.12. The molecule has 0 N–H and O–H groups in total. The van der Waals surface area contributed by atoms with E-state index in [-0.39, 0.29) is 5.91 Å². The number of aryl methyl sites for hydroxylation is 1. The molecule has 4 nitrogen and oxygen atoms in total. The number of thiophene rings is 1. The molecule has 118 valence electrons. The Hall–Kier alpha value is -2.40. The molecule has 0 radical (unpaired) electrons. The number of aromatic nitrogens is 1. The molecule has 0 bridgehead atoms. The lowest BCUT2D eigenvalue weighted by Crippen LogP contribution is -2.26. The molecule has 2 aromatic heterocycles. The quantitative estimate of drug-likeness (QED) is 0.688. The Morgan fingerprint density at radius 3 is 2.78 bits per heavy atom. The number of carbonyl (C=O) groups excluding carboxylic acids is 1. The summed E-state index contributed by atoms with van der Waals surface area (Å²) < 4.78 is 5.73. The summed E-state index contributed by atoms with van der Waals surface area (Å²) in [7, 11) is 1.83. The number of benzene rings is 1. The van der Waals surface area contributed by atoms with Gasteiger partial charge in [0.1, 0.15) is 0 Å². The predicted molar refractivity (Wildman–Crippen MR) is 91.1 cm³/mol. The van der Waals surface area contributed by atoms with E-state index in [1.165, 1.54) is 4.88 Å². The van der Waals surface area contributed by atoms with Crippen molar-refractivity contribution in [3.8, 4) is 11.3 Å². The fourth-order valence-electron chi connectivity index (χ4n) is 2.29. The van der Waals surface area contributed by atoms with Gasteiger partial charge >= 0.3 is 0 Å². The Morgan fingerprint density at radius 2 is 2.04 bits per heavy atom. The van der Waals surface area contributed by atoms with Crippen LogP contribution in [0.15, 0.2) is 58.5 Å². The molecule has 0 aliphatic carbocycles. The van der Waals surface area contributed by atoms with E-state index in [4.69, 9.17) is 4.42 Å². The zero-order valence-electron chi connectivity index (χ0n) is 12.9. The van der Waals surface area contributed by atoms with Crippen molar-refractivity contribution in [2.75, 3.05) is 7.05 Å². The smallest absolute Gasteiger partial charge is 0.223 e. The van der Waals surface area contributed by atoms with Crippen LogP contribution in [0.3, 0.4) is 0 Å². The van der Waals surface area contributed by atoms with Gasteiger partial charge in [0.25, 0.3) is 0 Å². The van der Waals surface area contributed by atoms with Crippen molar-refractivity contribution in [3.05, 3.63) is 64.8 Å². The molecule has 0 fully saturated rings. The van der Waals surface area contributed by atoms with Crippen LogP contribution in [0.25, 0.3) is 11.3 Å². The number of hydrogen-bond donors (Lipinski definition) is 0. The lowest BCUT2D eigenvalue weighted by atomic mass is 10.2. The van der Waals surface area contributed by atoms with Gasteiger partial charge in [0.2, 0.25) is 5.91 Å². The van der Waals surface area contributed by atoms with Crippen LogP contribution in [0.2, 0.25) is 0 Å². The van der Waals surface area contributed by atoms with Crippen LogP contribution in [0.1, 0.15) is 17.2 Å². The maximum absolute atomic E-state index is 12.2. The number of hydrogen-bond acceptors (Lipinski definition) is 4. The third-order valence-corrected chi connectivity index (χ3v) is 4.42. The summed E-state index contributed by atoms with van der Waals surface area (Å²) in [6, 6.07) is 13.9. The molecule has 2 heterocycles. The number of amides is 1. The Kier molecular flexibility index (Phi) is 4.88. The third-order valence-electron chi connectivity index (χ3n) is 3.56. The van der Waals surface area contributed by atoms with Gasteiger partial charge in [0.05, 0.1) is 12.7 Å². The second kappa shape index (κ2) is 7.24. The predicted octanol–water partition coefficient (Wildman–Crippen LogP) is 3.99. The molecule has 3 aromatic rings. The topological polar surface area (TPSA) is 46.3 Å². The first-order valence-corrected chi connectivity index (χ1v) is 8.37. The second-order valence-corrected chi connectivity index (χ2v) is 6.35. The average molecular weight is 326 g/mol. The van der Waals surface area contributed by atoms with Gasteiger partial charge in [-0.1, -0.05) is 36.4 Å². The molecular formula is C18H18N2O2S. The maximum atomic E-state index is 12.2. The minimum Gasteiger partial charge on any atom is -0.441 e. The van der Waals surface area contributed by atoms with Crippen molar-refractivity contribution in [2.24, 2.45) is 0 Å². The summed E-state index contributed by atoms with van der Waals surface area (Å²) >= 11 is 1.66. The molecule has 3 rings (SSSR count). The van der Waals surface area contributed by atoms with Crippen molar-refractivity contribution < 1.29 is 9.21 Å². The fourth-order valence-corrected chi connectivity index (χ4v) is 3.05. The Bertz CT molecular complexity index is 750. The summed E-state index contributed by atoms with van der Waals surface area (Å²) in [5.74, 6) is 1.43. The molecule has 23 heavy (non-hydrogen) atoms. The highest BCUT2D eigenvalue weighted by Crippen LogP contribution is 2.20. The van der Waals surface area contributed by atoms with Gasteiger partial charge in [0, 0.05) is 30.3 Å². The minimum absolute atomic E-state index is 0.0952. The molecule has 0 saturated carbocycles. The standard InChI is InChI=1S/C18H18N2O2S/c1-20(13-15-8-5-11-23-15)18(21)10-9-17-19-12-16(22-17)14-6-3-2-4-7-14/h2-8,11-12H,9-10,13H2,1H3. The van der Waals surface area contributed by atoms with Crippen LogP contribution in [-0.4, -0.2) is 22.8 Å². The van der Waals surface area contributed by atoms with Crippen molar-refractivity contribution in [1.29, 1.82) is 0 Å². The van der Waals surface area contributed by atoms with Crippen molar-refractivity contribution in [1.82, 2.24) is 9.88 Å². The summed E-state index contributed by atoms with van der Waals surface area (Å²) in [4.78, 5) is 19.4. The first-order chi connectivity index (χ1) is 11.2. The van der Waals surface area contributed by atoms with Crippen LogP contribution >= 0.6 is 11.3 Å². The summed E-state index contributed by atoms with van der Waals surface area (Å²) in [6.45, 7) is 0.650. The molecule has 0 atom stereocenters. The van der Waals surface area contributed by atoms with E-state index < -0.39 is 0 Å². The Morgan fingerprint density at radius 1 is 1.22 bits per heavy atom. The van der Waals surface area contributed by atoms with Crippen molar-refractivity contribution in [3.63, 3.8) is 0 Å². The number of carbonyl (C=O) groups is 1. The number of rotatable bonds is 6. The van der Waals surface area contributed by atoms with E-state index in [0.717, 1.165) is 11.3 Å². The van der Waals surface area contributed by atoms with Crippen LogP contribution in [-0.2, 0) is 17.8 Å². The van der Waals surface area contributed by atoms with Crippen LogP contribution in [0.4, 0.5) is 0 Å². The second-order valence-electron chi connectivity index (χ2n) is 5.31. The van der Waals surface area contributed by atoms with E-state index in [1.807, 2.05) is 54.9 Å². The van der Waals surface area contributed by atoms with Crippen LogP contribution < -0.4 is 0 Å². The fraction of sp³-hybridized carbons (Fsp3) is 0.222. The summed E-state index contributed by atoms with van der Waals surface area (Å²) in [5.41, 5.74) is 0.993. The largest absolute Gasteiger partial charge is 0.441 e. The maximum Gasteiger partial charge on any atom is 0.223 e. The van der Waals surface area contributed by atoms with E-state index in [0.29, 0.717) is 25.3 Å². The van der Waals surface area contributed by atoms with E-state index in [1.54, 1.807) is 22.4 Å². The molecule has 0 aliphatic heterocycles. The Balaban J connectivity index is 1.54. The number of nitrogens with zero attached hydrogens (tertiary/aromatic N) is 2. The molecule has 5 heteroatoms. The first kappa shape index (κ1) is 15.5. The number of oxazole rings is 1. The lowest BCUT2D eigenvalue weighted by molar-refractivity contribution is -0.130. The molecule has 0 aliphatic rings. The molecule has 0 unspecified atom stereocenters. The van der Waals surface area contributed by atoms with E-state index >= 15 is 0 Å². The van der Waals surface area contributed by atoms with Crippen LogP contribution in [0.5, 0.6) is 0 Å². The van der Waals surface area contributed by atoms with Gasteiger partial charge in [-0.15, -0.1) is 11.3 Å². The highest BCUT2D eigenvalue weighted by atomic mass is 32.1.